The van der Waals surface area contributed by atoms with Crippen molar-refractivity contribution in [3.05, 3.63) is 35.4 Å². The van der Waals surface area contributed by atoms with E-state index in [0.29, 0.717) is 24.0 Å². The zero-order valence-corrected chi connectivity index (χ0v) is 16.1. The summed E-state index contributed by atoms with van der Waals surface area (Å²) in [4.78, 5) is 12.5. The van der Waals surface area contributed by atoms with Crippen molar-refractivity contribution in [3.63, 3.8) is 0 Å². The summed E-state index contributed by atoms with van der Waals surface area (Å²) in [7, 11) is -4.14. The quantitative estimate of drug-likeness (QED) is 0.587. The number of hydrogen-bond donors (Lipinski definition) is 1. The summed E-state index contributed by atoms with van der Waals surface area (Å²) >= 11 is 0. The summed E-state index contributed by atoms with van der Waals surface area (Å²) in [5.41, 5.74) is -0.506. The number of oxime groups is 1. The van der Waals surface area contributed by atoms with Crippen molar-refractivity contribution in [2.24, 2.45) is 21.9 Å². The summed E-state index contributed by atoms with van der Waals surface area (Å²) in [6.07, 6.45) is 1.77. The Hall–Kier alpha value is -2.24. The highest BCUT2D eigenvalue weighted by Crippen LogP contribution is 2.64. The molecule has 144 valence electrons. The van der Waals surface area contributed by atoms with Crippen LogP contribution in [-0.4, -0.2) is 30.8 Å². The molecule has 0 radical (unpaired) electrons. The van der Waals surface area contributed by atoms with Crippen LogP contribution in [0, 0.1) is 28.1 Å². The van der Waals surface area contributed by atoms with E-state index in [0.717, 1.165) is 6.42 Å². The fraction of sp³-hybridized carbons (Fsp3) is 0.526. The molecule has 2 bridgehead atoms. The van der Waals surface area contributed by atoms with E-state index in [2.05, 4.69) is 5.16 Å². The molecular formula is C19H22N2O5S. The van der Waals surface area contributed by atoms with Gasteiger partial charge in [-0.05, 0) is 29.7 Å². The molecule has 0 aromatic heterocycles. The zero-order valence-electron chi connectivity index (χ0n) is 15.3. The average molecular weight is 390 g/mol. The average Bonchev–Trinajstić information content (AvgIpc) is 2.96. The number of rotatable bonds is 6. The number of aliphatic hydroxyl groups is 1. The first kappa shape index (κ1) is 19.5. The molecule has 1 N–H and O–H groups in total. The van der Waals surface area contributed by atoms with Gasteiger partial charge in [0.05, 0.1) is 12.0 Å². The number of nitrogens with zero attached hydrogens (tertiary/aromatic N) is 2. The second-order valence-corrected chi connectivity index (χ2v) is 9.40. The number of Topliss-reactive ketones (excluding diaryl/α,β-unsaturated/α-hetero) is 1. The molecule has 0 heterocycles. The molecule has 27 heavy (non-hydrogen) atoms. The minimum atomic E-state index is -4.14. The Bertz CT molecular complexity index is 928. The Kier molecular flexibility index (Phi) is 4.87. The van der Waals surface area contributed by atoms with Gasteiger partial charge in [0.1, 0.15) is 17.6 Å². The summed E-state index contributed by atoms with van der Waals surface area (Å²) < 4.78 is 29.8. The van der Waals surface area contributed by atoms with Gasteiger partial charge in [-0.25, -0.2) is 0 Å². The van der Waals surface area contributed by atoms with Crippen LogP contribution in [0.15, 0.2) is 29.4 Å². The van der Waals surface area contributed by atoms with Gasteiger partial charge in [-0.15, -0.1) is 0 Å². The van der Waals surface area contributed by atoms with Crippen molar-refractivity contribution >= 4 is 21.6 Å². The van der Waals surface area contributed by atoms with Crippen LogP contribution >= 0.6 is 0 Å². The summed E-state index contributed by atoms with van der Waals surface area (Å²) in [5.74, 6) is -0.253. The lowest BCUT2D eigenvalue weighted by Crippen LogP contribution is -2.42. The van der Waals surface area contributed by atoms with Crippen LogP contribution in [-0.2, 0) is 25.8 Å². The van der Waals surface area contributed by atoms with Crippen molar-refractivity contribution in [2.75, 3.05) is 5.75 Å². The molecule has 2 unspecified atom stereocenters. The van der Waals surface area contributed by atoms with E-state index in [4.69, 9.17) is 9.39 Å². The number of benzene rings is 1. The molecule has 2 fully saturated rings. The smallest absolute Gasteiger partial charge is 0.329 e. The minimum Gasteiger partial charge on any atom is -0.392 e. The molecule has 0 amide bonds. The first-order valence-corrected chi connectivity index (χ1v) is 10.4. The molecule has 2 aliphatic carbocycles. The molecule has 2 aliphatic rings. The predicted molar refractivity (Wildman–Crippen MR) is 97.9 cm³/mol. The molecule has 0 saturated heterocycles. The molecule has 0 spiro atoms. The van der Waals surface area contributed by atoms with Crippen LogP contribution < -0.4 is 0 Å². The van der Waals surface area contributed by atoms with Crippen LogP contribution in [0.3, 0.4) is 0 Å². The predicted octanol–water partition coefficient (Wildman–Crippen LogP) is 2.15. The van der Waals surface area contributed by atoms with E-state index in [1.165, 1.54) is 0 Å². The summed E-state index contributed by atoms with van der Waals surface area (Å²) in [6.45, 7) is 3.74. The minimum absolute atomic E-state index is 0.0278. The van der Waals surface area contributed by atoms with Gasteiger partial charge in [-0.3, -0.25) is 9.08 Å². The van der Waals surface area contributed by atoms with Gasteiger partial charge < -0.3 is 5.11 Å². The lowest BCUT2D eigenvalue weighted by molar-refractivity contribution is -0.128. The third-order valence-corrected chi connectivity index (χ3v) is 7.47. The second kappa shape index (κ2) is 6.73. The molecule has 1 aromatic carbocycles. The fourth-order valence-corrected chi connectivity index (χ4v) is 5.96. The molecule has 3 rings (SSSR count). The summed E-state index contributed by atoms with van der Waals surface area (Å²) in [5, 5.41) is 21.8. The van der Waals surface area contributed by atoms with Crippen LogP contribution in [0.2, 0.25) is 0 Å². The maximum absolute atomic E-state index is 12.5. The van der Waals surface area contributed by atoms with E-state index in [-0.39, 0.29) is 24.0 Å². The number of aliphatic hydroxyl groups excluding tert-OH is 1. The second-order valence-electron chi connectivity index (χ2n) is 7.85. The lowest BCUT2D eigenvalue weighted by atomic mass is 9.70. The van der Waals surface area contributed by atoms with Crippen LogP contribution in [0.1, 0.15) is 44.2 Å². The molecule has 0 aliphatic heterocycles. The van der Waals surface area contributed by atoms with Crippen LogP contribution in [0.4, 0.5) is 0 Å². The SMILES string of the molecule is CC1(C)C2CCC1(CS(=O)(=O)ON=C(C#N)c1ccc(CO)cc1)C(=O)C2. The maximum atomic E-state index is 12.5. The maximum Gasteiger partial charge on any atom is 0.329 e. The van der Waals surface area contributed by atoms with Crippen LogP contribution in [0.25, 0.3) is 0 Å². The summed E-state index contributed by atoms with van der Waals surface area (Å²) in [6, 6.07) is 8.12. The van der Waals surface area contributed by atoms with Gasteiger partial charge in [0, 0.05) is 12.0 Å². The van der Waals surface area contributed by atoms with E-state index in [9.17, 15) is 18.5 Å². The third-order valence-electron chi connectivity index (χ3n) is 6.32. The van der Waals surface area contributed by atoms with Gasteiger partial charge in [-0.1, -0.05) is 43.3 Å². The number of nitriles is 1. The van der Waals surface area contributed by atoms with Gasteiger partial charge >= 0.3 is 10.1 Å². The van der Waals surface area contributed by atoms with Crippen molar-refractivity contribution in [1.82, 2.24) is 0 Å². The molecule has 1 aromatic rings. The standard InChI is InChI=1S/C19H22N2O5S/c1-18(2)15-7-8-19(18,17(23)9-15)12-27(24,25)26-21-16(10-20)14-5-3-13(11-22)4-6-14/h3-6,15,22H,7-9,11-12H2,1-2H3. The van der Waals surface area contributed by atoms with E-state index in [1.807, 2.05) is 19.9 Å². The Balaban J connectivity index is 1.80. The lowest BCUT2D eigenvalue weighted by Gasteiger charge is -2.35. The van der Waals surface area contributed by atoms with Crippen molar-refractivity contribution in [1.29, 1.82) is 5.26 Å². The van der Waals surface area contributed by atoms with Gasteiger partial charge in [0.2, 0.25) is 0 Å². The highest BCUT2D eigenvalue weighted by molar-refractivity contribution is 7.86. The highest BCUT2D eigenvalue weighted by atomic mass is 32.2. The number of hydrogen-bond acceptors (Lipinski definition) is 7. The van der Waals surface area contributed by atoms with E-state index >= 15 is 0 Å². The third kappa shape index (κ3) is 3.26. The Morgan fingerprint density at radius 3 is 2.52 bits per heavy atom. The molecule has 2 saturated carbocycles. The molecular weight excluding hydrogens is 368 g/mol. The van der Waals surface area contributed by atoms with Gasteiger partial charge in [-0.2, -0.15) is 13.7 Å². The highest BCUT2D eigenvalue weighted by Gasteiger charge is 2.65. The molecule has 8 heteroatoms. The number of carbonyl (C=O) groups excluding carboxylic acids is 1. The normalized spacial score (nSPS) is 26.8. The Labute approximate surface area is 158 Å². The first-order valence-electron chi connectivity index (χ1n) is 8.78. The van der Waals surface area contributed by atoms with Gasteiger partial charge in [0.15, 0.2) is 5.71 Å². The largest absolute Gasteiger partial charge is 0.392 e. The monoisotopic (exact) mass is 390 g/mol. The van der Waals surface area contributed by atoms with Gasteiger partial charge in [0.25, 0.3) is 0 Å². The van der Waals surface area contributed by atoms with E-state index < -0.39 is 26.7 Å². The number of carbonyl (C=O) groups is 1. The topological polar surface area (TPSA) is 117 Å². The molecule has 2 atom stereocenters. The fourth-order valence-electron chi connectivity index (χ4n) is 4.44. The number of ketones is 1. The van der Waals surface area contributed by atoms with Crippen molar-refractivity contribution < 1.29 is 22.6 Å². The van der Waals surface area contributed by atoms with Crippen molar-refractivity contribution in [2.45, 2.75) is 39.7 Å². The zero-order chi connectivity index (χ0) is 19.9. The van der Waals surface area contributed by atoms with Crippen LogP contribution in [0.5, 0.6) is 0 Å². The Morgan fingerprint density at radius 2 is 2.04 bits per heavy atom. The first-order chi connectivity index (χ1) is 12.6. The van der Waals surface area contributed by atoms with Crippen molar-refractivity contribution in [3.8, 4) is 6.07 Å². The molecule has 7 nitrogen and oxygen atoms in total. The number of fused-ring (bicyclic) bond motifs is 2. The van der Waals surface area contributed by atoms with E-state index in [1.54, 1.807) is 24.3 Å². The Morgan fingerprint density at radius 1 is 1.37 bits per heavy atom.